The third-order valence-electron chi connectivity index (χ3n) is 4.96. The van der Waals surface area contributed by atoms with Crippen LogP contribution < -0.4 is 5.32 Å². The number of aryl methyl sites for hydroxylation is 1. The van der Waals surface area contributed by atoms with Crippen LogP contribution in [-0.4, -0.2) is 65.8 Å². The summed E-state index contributed by atoms with van der Waals surface area (Å²) in [7, 11) is 0. The van der Waals surface area contributed by atoms with E-state index in [0.29, 0.717) is 23.8 Å². The van der Waals surface area contributed by atoms with Crippen molar-refractivity contribution in [3.8, 4) is 0 Å². The van der Waals surface area contributed by atoms with Gasteiger partial charge >= 0.3 is 5.92 Å². The second-order valence-electron chi connectivity index (χ2n) is 7.14. The summed E-state index contributed by atoms with van der Waals surface area (Å²) in [5.74, 6) is -2.90. The Morgan fingerprint density at radius 3 is 2.83 bits per heavy atom. The van der Waals surface area contributed by atoms with Crippen LogP contribution in [0.4, 0.5) is 8.78 Å². The molecule has 3 heterocycles. The van der Waals surface area contributed by atoms with Gasteiger partial charge in [-0.3, -0.25) is 15.0 Å². The van der Waals surface area contributed by atoms with Crippen LogP contribution in [0.5, 0.6) is 0 Å². The minimum atomic E-state index is -3.30. The van der Waals surface area contributed by atoms with E-state index in [9.17, 15) is 8.78 Å². The van der Waals surface area contributed by atoms with Gasteiger partial charge in [-0.1, -0.05) is 18.2 Å². The lowest BCUT2D eigenvalue weighted by atomic mass is 10.0. The van der Waals surface area contributed by atoms with Crippen LogP contribution in [0.1, 0.15) is 28.9 Å². The molecule has 0 radical (unpaired) electrons. The molecule has 160 valence electrons. The summed E-state index contributed by atoms with van der Waals surface area (Å²) in [5, 5.41) is 9.16. The zero-order valence-corrected chi connectivity index (χ0v) is 16.6. The maximum Gasteiger partial charge on any atom is 0.333 e. The number of halogens is 2. The monoisotopic (exact) mass is 418 g/mol. The summed E-state index contributed by atoms with van der Waals surface area (Å²) in [6, 6.07) is 6.10. The summed E-state index contributed by atoms with van der Waals surface area (Å²) in [6.07, 6.45) is 2.85. The van der Waals surface area contributed by atoms with Crippen molar-refractivity contribution >= 4 is 6.21 Å². The van der Waals surface area contributed by atoms with Gasteiger partial charge in [-0.05, 0) is 18.6 Å². The highest BCUT2D eigenvalue weighted by Gasteiger charge is 2.38. The molecule has 30 heavy (non-hydrogen) atoms. The SMILES string of the molecule is Cc1nc(C(F)(F)c2cccc(C3N=CC(OCCN4CCOCC4)=CN3)c2)n[nH]1. The van der Waals surface area contributed by atoms with E-state index < -0.39 is 17.9 Å². The lowest BCUT2D eigenvalue weighted by molar-refractivity contribution is 0.0284. The second kappa shape index (κ2) is 8.88. The molecular weight excluding hydrogens is 394 g/mol. The highest BCUT2D eigenvalue weighted by atomic mass is 19.3. The van der Waals surface area contributed by atoms with Gasteiger partial charge in [0.1, 0.15) is 18.6 Å². The maximum atomic E-state index is 14.8. The summed E-state index contributed by atoms with van der Waals surface area (Å²) < 4.78 is 40.6. The highest BCUT2D eigenvalue weighted by molar-refractivity contribution is 5.76. The van der Waals surface area contributed by atoms with E-state index in [1.807, 2.05) is 0 Å². The van der Waals surface area contributed by atoms with Crippen molar-refractivity contribution in [1.29, 1.82) is 0 Å². The minimum Gasteiger partial charge on any atom is -0.489 e. The highest BCUT2D eigenvalue weighted by Crippen LogP contribution is 2.34. The predicted octanol–water partition coefficient (Wildman–Crippen LogP) is 2.12. The fraction of sp³-hybridized carbons (Fsp3) is 0.450. The van der Waals surface area contributed by atoms with Crippen molar-refractivity contribution in [3.05, 3.63) is 59.0 Å². The molecule has 0 aliphatic carbocycles. The van der Waals surface area contributed by atoms with Crippen molar-refractivity contribution < 1.29 is 18.3 Å². The van der Waals surface area contributed by atoms with Gasteiger partial charge in [0, 0.05) is 31.4 Å². The van der Waals surface area contributed by atoms with Crippen LogP contribution in [0.15, 0.2) is 41.2 Å². The zero-order chi connectivity index (χ0) is 21.0. The largest absolute Gasteiger partial charge is 0.489 e. The van der Waals surface area contributed by atoms with Gasteiger partial charge in [0.15, 0.2) is 5.76 Å². The van der Waals surface area contributed by atoms with Crippen LogP contribution in [0.25, 0.3) is 0 Å². The Balaban J connectivity index is 1.35. The number of aromatic nitrogens is 3. The Labute approximate surface area is 173 Å². The molecule has 0 saturated carbocycles. The van der Waals surface area contributed by atoms with Crippen molar-refractivity contribution in [2.75, 3.05) is 39.5 Å². The van der Waals surface area contributed by atoms with Crippen LogP contribution in [0, 0.1) is 6.92 Å². The number of hydrogen-bond donors (Lipinski definition) is 2. The number of aromatic amines is 1. The third-order valence-corrected chi connectivity index (χ3v) is 4.96. The number of H-pyrrole nitrogens is 1. The van der Waals surface area contributed by atoms with Crippen molar-refractivity contribution in [2.24, 2.45) is 4.99 Å². The van der Waals surface area contributed by atoms with Crippen LogP contribution in [0.3, 0.4) is 0 Å². The molecule has 0 bridgehead atoms. The van der Waals surface area contributed by atoms with E-state index in [4.69, 9.17) is 9.47 Å². The lowest BCUT2D eigenvalue weighted by Gasteiger charge is -2.26. The first-order chi connectivity index (χ1) is 14.5. The van der Waals surface area contributed by atoms with Gasteiger partial charge in [-0.25, -0.2) is 4.98 Å². The van der Waals surface area contributed by atoms with Gasteiger partial charge in [-0.2, -0.15) is 13.9 Å². The van der Waals surface area contributed by atoms with Crippen molar-refractivity contribution in [2.45, 2.75) is 19.0 Å². The fourth-order valence-electron chi connectivity index (χ4n) is 3.28. The quantitative estimate of drug-likeness (QED) is 0.716. The van der Waals surface area contributed by atoms with E-state index in [-0.39, 0.29) is 5.56 Å². The van der Waals surface area contributed by atoms with Crippen LogP contribution in [-0.2, 0) is 15.4 Å². The Morgan fingerprint density at radius 2 is 2.13 bits per heavy atom. The first kappa shape index (κ1) is 20.4. The molecule has 0 amide bonds. The smallest absolute Gasteiger partial charge is 0.333 e. The number of aliphatic imine (C=N–C) groups is 1. The topological polar surface area (TPSA) is 87.7 Å². The molecule has 2 aliphatic heterocycles. The van der Waals surface area contributed by atoms with Gasteiger partial charge in [0.25, 0.3) is 0 Å². The lowest BCUT2D eigenvalue weighted by Crippen LogP contribution is -2.38. The Bertz CT molecular complexity index is 924. The minimum absolute atomic E-state index is 0.187. The number of rotatable bonds is 7. The molecule has 1 fully saturated rings. The van der Waals surface area contributed by atoms with Crippen molar-refractivity contribution in [3.63, 3.8) is 0 Å². The zero-order valence-electron chi connectivity index (χ0n) is 16.6. The third kappa shape index (κ3) is 4.65. The molecule has 2 aliphatic rings. The average Bonchev–Trinajstić information content (AvgIpc) is 3.22. The normalized spacial score (nSPS) is 20.0. The molecule has 4 rings (SSSR count). The molecule has 1 unspecified atom stereocenters. The van der Waals surface area contributed by atoms with Crippen LogP contribution >= 0.6 is 0 Å². The molecular formula is C20H24F2N6O2. The van der Waals surface area contributed by atoms with E-state index in [1.54, 1.807) is 31.5 Å². The molecule has 2 N–H and O–H groups in total. The van der Waals surface area contributed by atoms with Gasteiger partial charge in [-0.15, -0.1) is 0 Å². The number of morpholine rings is 1. The molecule has 10 heteroatoms. The molecule has 1 saturated heterocycles. The number of nitrogens with one attached hydrogen (secondary N) is 2. The van der Waals surface area contributed by atoms with Gasteiger partial charge < -0.3 is 14.8 Å². The van der Waals surface area contributed by atoms with E-state index in [0.717, 1.165) is 32.8 Å². The number of ether oxygens (including phenoxy) is 2. The number of hydrogen-bond acceptors (Lipinski definition) is 7. The molecule has 1 aromatic heterocycles. The number of nitrogens with zero attached hydrogens (tertiary/aromatic N) is 4. The van der Waals surface area contributed by atoms with E-state index in [1.165, 1.54) is 12.1 Å². The summed E-state index contributed by atoms with van der Waals surface area (Å²) >= 11 is 0. The number of benzene rings is 1. The summed E-state index contributed by atoms with van der Waals surface area (Å²) in [5.41, 5.74) is 0.423. The summed E-state index contributed by atoms with van der Waals surface area (Å²) in [6.45, 7) is 6.26. The van der Waals surface area contributed by atoms with E-state index >= 15 is 0 Å². The number of alkyl halides is 2. The standard InChI is InChI=1S/C20H24F2N6O2/c1-14-25-19(27-26-14)20(21,22)16-4-2-3-15(11-16)18-23-12-17(13-24-18)30-10-7-28-5-8-29-9-6-28/h2-4,11-13,18,23H,5-10H2,1H3,(H,25,26,27). The van der Waals surface area contributed by atoms with Gasteiger partial charge in [0.05, 0.1) is 19.4 Å². The second-order valence-corrected chi connectivity index (χ2v) is 7.14. The van der Waals surface area contributed by atoms with Crippen molar-refractivity contribution in [1.82, 2.24) is 25.4 Å². The predicted molar refractivity (Wildman–Crippen MR) is 106 cm³/mol. The van der Waals surface area contributed by atoms with Gasteiger partial charge in [0.2, 0.25) is 5.82 Å². The Morgan fingerprint density at radius 1 is 1.30 bits per heavy atom. The van der Waals surface area contributed by atoms with E-state index in [2.05, 4.69) is 30.4 Å². The van der Waals surface area contributed by atoms with Crippen LogP contribution in [0.2, 0.25) is 0 Å². The molecule has 1 atom stereocenters. The summed E-state index contributed by atoms with van der Waals surface area (Å²) in [4.78, 5) is 10.5. The Kier molecular flexibility index (Phi) is 6.05. The molecule has 0 spiro atoms. The molecule has 2 aromatic rings. The number of allylic oxidation sites excluding steroid dienone is 1. The Hall–Kier alpha value is -2.85. The maximum absolute atomic E-state index is 14.8. The first-order valence-corrected chi connectivity index (χ1v) is 9.82. The molecule has 1 aromatic carbocycles. The molecule has 8 nitrogen and oxygen atoms in total. The average molecular weight is 418 g/mol. The fourth-order valence-corrected chi connectivity index (χ4v) is 3.28. The first-order valence-electron chi connectivity index (χ1n) is 9.82.